The molecule has 1 fully saturated rings. The first-order chi connectivity index (χ1) is 7.22. The van der Waals surface area contributed by atoms with Gasteiger partial charge in [-0.25, -0.2) is 0 Å². The Hall–Kier alpha value is -1.10. The van der Waals surface area contributed by atoms with E-state index in [0.717, 1.165) is 19.3 Å². The Morgan fingerprint density at radius 1 is 1.33 bits per heavy atom. The third kappa shape index (κ3) is 6.06. The quantitative estimate of drug-likeness (QED) is 0.456. The van der Waals surface area contributed by atoms with Crippen molar-refractivity contribution in [3.8, 4) is 0 Å². The molecule has 0 spiro atoms. The zero-order valence-electron chi connectivity index (χ0n) is 9.04. The Morgan fingerprint density at radius 3 is 2.67 bits per heavy atom. The summed E-state index contributed by atoms with van der Waals surface area (Å²) < 4.78 is 4.84. The van der Waals surface area contributed by atoms with Gasteiger partial charge in [0.2, 0.25) is 11.8 Å². The highest BCUT2D eigenvalue weighted by molar-refractivity contribution is 5.97. The van der Waals surface area contributed by atoms with Crippen LogP contribution in [-0.2, 0) is 14.3 Å². The van der Waals surface area contributed by atoms with Crippen LogP contribution in [-0.4, -0.2) is 38.1 Å². The number of amides is 2. The molecule has 0 aromatic rings. The maximum Gasteiger partial charge on any atom is 0.229 e. The van der Waals surface area contributed by atoms with Crippen LogP contribution in [0.3, 0.4) is 0 Å². The van der Waals surface area contributed by atoms with Crippen molar-refractivity contribution < 1.29 is 14.3 Å². The molecular formula is C10H18N2O3. The molecule has 86 valence electrons. The topological polar surface area (TPSA) is 67.4 Å². The number of methoxy groups -OCH3 is 1. The molecule has 2 amide bonds. The summed E-state index contributed by atoms with van der Waals surface area (Å²) in [5.74, 6) is -0.397. The largest absolute Gasteiger partial charge is 0.385 e. The lowest BCUT2D eigenvalue weighted by atomic mass is 10.3. The van der Waals surface area contributed by atoms with Gasteiger partial charge in [-0.15, -0.1) is 0 Å². The van der Waals surface area contributed by atoms with E-state index in [1.807, 2.05) is 0 Å². The zero-order chi connectivity index (χ0) is 11.1. The smallest absolute Gasteiger partial charge is 0.229 e. The molecule has 0 atom stereocenters. The zero-order valence-corrected chi connectivity index (χ0v) is 9.04. The maximum absolute atomic E-state index is 11.2. The van der Waals surface area contributed by atoms with E-state index >= 15 is 0 Å². The number of nitrogens with one attached hydrogen (secondary N) is 2. The van der Waals surface area contributed by atoms with Gasteiger partial charge in [0.25, 0.3) is 0 Å². The van der Waals surface area contributed by atoms with E-state index in [1.165, 1.54) is 0 Å². The number of carbonyl (C=O) groups excluding carboxylic acids is 2. The molecule has 1 rings (SSSR count). The molecule has 1 saturated carbocycles. The second kappa shape index (κ2) is 6.40. The standard InChI is InChI=1S/C10H18N2O3/c1-15-6-2-5-11-9(13)7-10(14)12-8-3-4-8/h8H,2-7H2,1H3,(H,11,13)(H,12,14). The Labute approximate surface area is 89.6 Å². The Kier molecular flexibility index (Phi) is 5.10. The average molecular weight is 214 g/mol. The van der Waals surface area contributed by atoms with E-state index in [9.17, 15) is 9.59 Å². The van der Waals surface area contributed by atoms with E-state index in [4.69, 9.17) is 4.74 Å². The predicted molar refractivity (Wildman–Crippen MR) is 55.3 cm³/mol. The first kappa shape index (κ1) is 12.0. The molecule has 1 aliphatic carbocycles. The summed E-state index contributed by atoms with van der Waals surface area (Å²) >= 11 is 0. The van der Waals surface area contributed by atoms with Crippen LogP contribution in [0.2, 0.25) is 0 Å². The van der Waals surface area contributed by atoms with Gasteiger partial charge < -0.3 is 15.4 Å². The maximum atomic E-state index is 11.2. The minimum Gasteiger partial charge on any atom is -0.385 e. The third-order valence-electron chi connectivity index (χ3n) is 2.11. The van der Waals surface area contributed by atoms with Gasteiger partial charge in [-0.2, -0.15) is 0 Å². The highest BCUT2D eigenvalue weighted by Crippen LogP contribution is 2.18. The molecule has 0 heterocycles. The first-order valence-corrected chi connectivity index (χ1v) is 5.27. The molecule has 0 bridgehead atoms. The van der Waals surface area contributed by atoms with Gasteiger partial charge in [0, 0.05) is 26.3 Å². The summed E-state index contributed by atoms with van der Waals surface area (Å²) in [5.41, 5.74) is 0. The normalized spacial score (nSPS) is 14.7. The van der Waals surface area contributed by atoms with Gasteiger partial charge in [-0.05, 0) is 19.3 Å². The first-order valence-electron chi connectivity index (χ1n) is 5.27. The Balaban J connectivity index is 1.98. The number of hydrogen-bond donors (Lipinski definition) is 2. The van der Waals surface area contributed by atoms with Crippen LogP contribution in [0, 0.1) is 0 Å². The lowest BCUT2D eigenvalue weighted by Gasteiger charge is -2.05. The molecule has 0 aliphatic heterocycles. The predicted octanol–water partition coefficient (Wildman–Crippen LogP) is -0.192. The lowest BCUT2D eigenvalue weighted by molar-refractivity contribution is -0.129. The molecule has 2 N–H and O–H groups in total. The summed E-state index contributed by atoms with van der Waals surface area (Å²) in [7, 11) is 1.62. The molecule has 15 heavy (non-hydrogen) atoms. The molecule has 0 aromatic heterocycles. The van der Waals surface area contributed by atoms with Crippen LogP contribution >= 0.6 is 0 Å². The molecule has 0 unspecified atom stereocenters. The number of hydrogen-bond acceptors (Lipinski definition) is 3. The van der Waals surface area contributed by atoms with Crippen molar-refractivity contribution >= 4 is 11.8 Å². The Morgan fingerprint density at radius 2 is 2.07 bits per heavy atom. The minimum absolute atomic E-state index is 0.0660. The molecule has 5 nitrogen and oxygen atoms in total. The summed E-state index contributed by atoms with van der Waals surface area (Å²) in [6.07, 6.45) is 2.79. The van der Waals surface area contributed by atoms with E-state index in [0.29, 0.717) is 19.2 Å². The second-order valence-corrected chi connectivity index (χ2v) is 3.71. The van der Waals surface area contributed by atoms with Crippen LogP contribution in [0.25, 0.3) is 0 Å². The van der Waals surface area contributed by atoms with Gasteiger partial charge in [-0.1, -0.05) is 0 Å². The molecule has 1 aliphatic rings. The highest BCUT2D eigenvalue weighted by atomic mass is 16.5. The summed E-state index contributed by atoms with van der Waals surface area (Å²) in [4.78, 5) is 22.4. The van der Waals surface area contributed by atoms with Crippen LogP contribution in [0.1, 0.15) is 25.7 Å². The molecule has 0 radical (unpaired) electrons. The van der Waals surface area contributed by atoms with Gasteiger partial charge in [-0.3, -0.25) is 9.59 Å². The third-order valence-corrected chi connectivity index (χ3v) is 2.11. The monoisotopic (exact) mass is 214 g/mol. The fourth-order valence-corrected chi connectivity index (χ4v) is 1.16. The van der Waals surface area contributed by atoms with Crippen molar-refractivity contribution in [2.45, 2.75) is 31.7 Å². The minimum atomic E-state index is -0.218. The van der Waals surface area contributed by atoms with Crippen molar-refractivity contribution in [2.24, 2.45) is 0 Å². The fraction of sp³-hybridized carbons (Fsp3) is 0.800. The van der Waals surface area contributed by atoms with E-state index in [-0.39, 0.29) is 18.2 Å². The Bertz CT molecular complexity index is 227. The van der Waals surface area contributed by atoms with E-state index < -0.39 is 0 Å². The molecular weight excluding hydrogens is 196 g/mol. The van der Waals surface area contributed by atoms with Crippen LogP contribution in [0.4, 0.5) is 0 Å². The van der Waals surface area contributed by atoms with Gasteiger partial charge in [0.05, 0.1) is 0 Å². The second-order valence-electron chi connectivity index (χ2n) is 3.71. The van der Waals surface area contributed by atoms with Crippen LogP contribution < -0.4 is 10.6 Å². The van der Waals surface area contributed by atoms with Crippen molar-refractivity contribution in [1.82, 2.24) is 10.6 Å². The number of carbonyl (C=O) groups is 2. The van der Waals surface area contributed by atoms with Crippen LogP contribution in [0.5, 0.6) is 0 Å². The molecule has 0 saturated heterocycles. The summed E-state index contributed by atoms with van der Waals surface area (Å²) in [6, 6.07) is 0.318. The number of rotatable bonds is 7. The number of ether oxygens (including phenoxy) is 1. The van der Waals surface area contributed by atoms with Crippen molar-refractivity contribution in [3.05, 3.63) is 0 Å². The van der Waals surface area contributed by atoms with Gasteiger partial charge in [0.1, 0.15) is 6.42 Å². The van der Waals surface area contributed by atoms with E-state index in [1.54, 1.807) is 7.11 Å². The van der Waals surface area contributed by atoms with Gasteiger partial charge in [0.15, 0.2) is 0 Å². The lowest BCUT2D eigenvalue weighted by Crippen LogP contribution is -2.33. The van der Waals surface area contributed by atoms with E-state index in [2.05, 4.69) is 10.6 Å². The summed E-state index contributed by atoms with van der Waals surface area (Å²) in [6.45, 7) is 1.18. The van der Waals surface area contributed by atoms with Gasteiger partial charge >= 0.3 is 0 Å². The molecule has 5 heteroatoms. The van der Waals surface area contributed by atoms with Crippen LogP contribution in [0.15, 0.2) is 0 Å². The van der Waals surface area contributed by atoms with Crippen molar-refractivity contribution in [2.75, 3.05) is 20.3 Å². The van der Waals surface area contributed by atoms with Crippen molar-refractivity contribution in [3.63, 3.8) is 0 Å². The van der Waals surface area contributed by atoms with Crippen molar-refractivity contribution in [1.29, 1.82) is 0 Å². The average Bonchev–Trinajstić information content (AvgIpc) is 2.96. The SMILES string of the molecule is COCCCNC(=O)CC(=O)NC1CC1. The highest BCUT2D eigenvalue weighted by Gasteiger charge is 2.23. The molecule has 0 aromatic carbocycles. The fourth-order valence-electron chi connectivity index (χ4n) is 1.16. The summed E-state index contributed by atoms with van der Waals surface area (Å²) in [5, 5.41) is 5.42.